The summed E-state index contributed by atoms with van der Waals surface area (Å²) in [5.41, 5.74) is 1.56. The Morgan fingerprint density at radius 2 is 1.86 bits per heavy atom. The second-order valence-corrected chi connectivity index (χ2v) is 6.17. The number of benzene rings is 2. The van der Waals surface area contributed by atoms with Crippen LogP contribution in [-0.2, 0) is 0 Å². The zero-order valence-corrected chi connectivity index (χ0v) is 15.8. The number of hydrogen-bond acceptors (Lipinski definition) is 7. The van der Waals surface area contributed by atoms with Crippen molar-refractivity contribution in [2.45, 2.75) is 6.92 Å². The molecule has 1 amide bonds. The summed E-state index contributed by atoms with van der Waals surface area (Å²) in [5, 5.41) is 14.0. The Labute approximate surface area is 167 Å². The summed E-state index contributed by atoms with van der Waals surface area (Å²) in [6, 6.07) is 16.1. The van der Waals surface area contributed by atoms with Gasteiger partial charge in [-0.1, -0.05) is 12.1 Å². The molecule has 29 heavy (non-hydrogen) atoms. The average Bonchev–Trinajstić information content (AvgIpc) is 2.76. The fraction of sp³-hybridized carbons (Fsp3) is 0.190. The van der Waals surface area contributed by atoms with E-state index >= 15 is 0 Å². The summed E-state index contributed by atoms with van der Waals surface area (Å²) >= 11 is 0. The van der Waals surface area contributed by atoms with Crippen LogP contribution in [0.15, 0.2) is 54.6 Å². The van der Waals surface area contributed by atoms with Crippen LogP contribution in [0.25, 0.3) is 0 Å². The van der Waals surface area contributed by atoms with Crippen LogP contribution in [0, 0.1) is 0 Å². The molecular weight excluding hydrogens is 372 g/mol. The third-order valence-electron chi connectivity index (χ3n) is 4.15. The van der Waals surface area contributed by atoms with Gasteiger partial charge in [-0.15, -0.1) is 10.2 Å². The van der Waals surface area contributed by atoms with Crippen LogP contribution in [0.3, 0.4) is 0 Å². The number of nitrogens with one attached hydrogen (secondary N) is 2. The minimum absolute atomic E-state index is 0.198. The van der Waals surface area contributed by atoms with Crippen molar-refractivity contribution in [3.8, 4) is 17.2 Å². The highest BCUT2D eigenvalue weighted by atomic mass is 16.6. The molecule has 0 spiro atoms. The maximum atomic E-state index is 12.5. The summed E-state index contributed by atoms with van der Waals surface area (Å²) in [5.74, 6) is 2.14. The van der Waals surface area contributed by atoms with E-state index in [2.05, 4.69) is 20.8 Å². The van der Waals surface area contributed by atoms with Crippen LogP contribution < -0.4 is 24.8 Å². The minimum Gasteiger partial charge on any atom is -0.492 e. The van der Waals surface area contributed by atoms with Crippen LogP contribution in [-0.4, -0.2) is 35.9 Å². The summed E-state index contributed by atoms with van der Waals surface area (Å²) in [7, 11) is 0. The summed E-state index contributed by atoms with van der Waals surface area (Å²) < 4.78 is 16.6. The molecule has 0 bridgehead atoms. The van der Waals surface area contributed by atoms with Gasteiger partial charge >= 0.3 is 0 Å². The number of nitrogens with zero attached hydrogens (tertiary/aromatic N) is 2. The van der Waals surface area contributed by atoms with Gasteiger partial charge in [-0.2, -0.15) is 0 Å². The van der Waals surface area contributed by atoms with E-state index in [1.54, 1.807) is 24.3 Å². The Balaban J connectivity index is 1.43. The van der Waals surface area contributed by atoms with Gasteiger partial charge in [-0.3, -0.25) is 4.79 Å². The molecule has 0 atom stereocenters. The van der Waals surface area contributed by atoms with Gasteiger partial charge in [-0.25, -0.2) is 0 Å². The van der Waals surface area contributed by atoms with E-state index < -0.39 is 0 Å². The predicted molar refractivity (Wildman–Crippen MR) is 108 cm³/mol. The smallest absolute Gasteiger partial charge is 0.276 e. The van der Waals surface area contributed by atoms with Gasteiger partial charge in [0.2, 0.25) is 0 Å². The van der Waals surface area contributed by atoms with E-state index in [1.165, 1.54) is 0 Å². The second kappa shape index (κ2) is 8.47. The molecule has 3 aromatic rings. The zero-order valence-electron chi connectivity index (χ0n) is 15.8. The molecule has 0 unspecified atom stereocenters. The van der Waals surface area contributed by atoms with Gasteiger partial charge in [0.25, 0.3) is 5.91 Å². The molecule has 0 radical (unpaired) electrons. The summed E-state index contributed by atoms with van der Waals surface area (Å²) in [6.45, 7) is 3.46. The van der Waals surface area contributed by atoms with E-state index in [1.807, 2.05) is 37.3 Å². The maximum Gasteiger partial charge on any atom is 0.276 e. The number of rotatable bonds is 6. The number of hydrogen-bond donors (Lipinski definition) is 2. The molecule has 0 saturated heterocycles. The monoisotopic (exact) mass is 392 g/mol. The number of amides is 1. The van der Waals surface area contributed by atoms with Crippen molar-refractivity contribution in [3.63, 3.8) is 0 Å². The molecule has 0 fully saturated rings. The maximum absolute atomic E-state index is 12.5. The van der Waals surface area contributed by atoms with E-state index in [0.29, 0.717) is 48.6 Å². The fourth-order valence-electron chi connectivity index (χ4n) is 2.83. The molecule has 2 N–H and O–H groups in total. The van der Waals surface area contributed by atoms with Gasteiger partial charge in [0.05, 0.1) is 12.3 Å². The standard InChI is InChI=1S/C21H20N4O4/c1-2-27-17-6-4-3-5-15(17)23-21(26)16-8-10-20(25-24-16)22-14-7-9-18-19(13-14)29-12-11-28-18/h3-10,13H,2,11-12H2,1H3,(H,22,25)(H,23,26). The molecule has 8 nitrogen and oxygen atoms in total. The summed E-state index contributed by atoms with van der Waals surface area (Å²) in [4.78, 5) is 12.5. The van der Waals surface area contributed by atoms with Gasteiger partial charge in [0, 0.05) is 11.8 Å². The first-order chi connectivity index (χ1) is 14.2. The number of fused-ring (bicyclic) bond motifs is 1. The van der Waals surface area contributed by atoms with Crippen molar-refractivity contribution in [1.82, 2.24) is 10.2 Å². The van der Waals surface area contributed by atoms with Crippen molar-refractivity contribution < 1.29 is 19.0 Å². The SMILES string of the molecule is CCOc1ccccc1NC(=O)c1ccc(Nc2ccc3c(c2)OCCO3)nn1. The lowest BCUT2D eigenvalue weighted by atomic mass is 10.2. The predicted octanol–water partition coefficient (Wildman–Crippen LogP) is 3.64. The fourth-order valence-corrected chi connectivity index (χ4v) is 2.83. The molecule has 0 aliphatic carbocycles. The third-order valence-corrected chi connectivity index (χ3v) is 4.15. The second-order valence-electron chi connectivity index (χ2n) is 6.17. The van der Waals surface area contributed by atoms with Crippen molar-refractivity contribution in [3.05, 3.63) is 60.3 Å². The molecule has 4 rings (SSSR count). The molecule has 2 heterocycles. The van der Waals surface area contributed by atoms with Gasteiger partial charge in [-0.05, 0) is 43.3 Å². The largest absolute Gasteiger partial charge is 0.492 e. The van der Waals surface area contributed by atoms with E-state index in [0.717, 1.165) is 5.69 Å². The molecule has 2 aromatic carbocycles. The zero-order chi connectivity index (χ0) is 20.1. The van der Waals surface area contributed by atoms with Crippen LogP contribution >= 0.6 is 0 Å². The van der Waals surface area contributed by atoms with Gasteiger partial charge in [0.1, 0.15) is 19.0 Å². The molecule has 8 heteroatoms. The van der Waals surface area contributed by atoms with Crippen molar-refractivity contribution in [2.75, 3.05) is 30.5 Å². The third kappa shape index (κ3) is 4.37. The van der Waals surface area contributed by atoms with Gasteiger partial charge in [0.15, 0.2) is 23.0 Å². The number of para-hydroxylation sites is 2. The lowest BCUT2D eigenvalue weighted by Crippen LogP contribution is -2.16. The van der Waals surface area contributed by atoms with Gasteiger partial charge < -0.3 is 24.8 Å². The number of anilines is 3. The first-order valence-electron chi connectivity index (χ1n) is 9.26. The highest BCUT2D eigenvalue weighted by Gasteiger charge is 2.14. The Morgan fingerprint density at radius 3 is 2.66 bits per heavy atom. The van der Waals surface area contributed by atoms with E-state index in [4.69, 9.17) is 14.2 Å². The highest BCUT2D eigenvalue weighted by Crippen LogP contribution is 2.33. The van der Waals surface area contributed by atoms with Crippen LogP contribution in [0.5, 0.6) is 17.2 Å². The number of carbonyl (C=O) groups excluding carboxylic acids is 1. The highest BCUT2D eigenvalue weighted by molar-refractivity contribution is 6.03. The van der Waals surface area contributed by atoms with E-state index in [-0.39, 0.29) is 11.6 Å². The van der Waals surface area contributed by atoms with Crippen molar-refractivity contribution in [1.29, 1.82) is 0 Å². The number of carbonyl (C=O) groups is 1. The number of aromatic nitrogens is 2. The Kier molecular flexibility index (Phi) is 5.42. The quantitative estimate of drug-likeness (QED) is 0.661. The van der Waals surface area contributed by atoms with Crippen molar-refractivity contribution >= 4 is 23.1 Å². The average molecular weight is 392 g/mol. The first kappa shape index (κ1) is 18.5. The van der Waals surface area contributed by atoms with Crippen LogP contribution in [0.4, 0.5) is 17.2 Å². The van der Waals surface area contributed by atoms with Crippen LogP contribution in [0.2, 0.25) is 0 Å². The lowest BCUT2D eigenvalue weighted by Gasteiger charge is -2.19. The molecule has 148 valence electrons. The first-order valence-corrected chi connectivity index (χ1v) is 9.26. The van der Waals surface area contributed by atoms with Crippen LogP contribution in [0.1, 0.15) is 17.4 Å². The van der Waals surface area contributed by atoms with Crippen molar-refractivity contribution in [2.24, 2.45) is 0 Å². The van der Waals surface area contributed by atoms with E-state index in [9.17, 15) is 4.79 Å². The minimum atomic E-state index is -0.365. The topological polar surface area (TPSA) is 94.6 Å². The summed E-state index contributed by atoms with van der Waals surface area (Å²) in [6.07, 6.45) is 0. The normalized spacial score (nSPS) is 12.2. The Bertz CT molecular complexity index is 1010. The Hall–Kier alpha value is -3.81. The lowest BCUT2D eigenvalue weighted by molar-refractivity contribution is 0.102. The Morgan fingerprint density at radius 1 is 1.03 bits per heavy atom. The molecule has 1 aromatic heterocycles. The molecule has 1 aliphatic heterocycles. The molecule has 0 saturated carbocycles. The number of ether oxygens (including phenoxy) is 3. The molecular formula is C21H20N4O4. The molecule has 1 aliphatic rings.